The summed E-state index contributed by atoms with van der Waals surface area (Å²) in [6.45, 7) is 2.11. The predicted octanol–water partition coefficient (Wildman–Crippen LogP) is 4.12. The normalized spacial score (nSPS) is 20.0. The highest BCUT2D eigenvalue weighted by atomic mass is 16.7. The zero-order valence-electron chi connectivity index (χ0n) is 27.7. The number of nitrogens with zero attached hydrogens (tertiary/aromatic N) is 5. The molecule has 0 spiro atoms. The van der Waals surface area contributed by atoms with Crippen molar-refractivity contribution in [2.45, 2.75) is 31.3 Å². The van der Waals surface area contributed by atoms with Gasteiger partial charge in [0.25, 0.3) is 5.91 Å². The first-order chi connectivity index (χ1) is 24.9. The molecule has 3 amide bonds. The average molecular weight is 685 g/mol. The lowest BCUT2D eigenvalue weighted by molar-refractivity contribution is -0.159. The van der Waals surface area contributed by atoms with Crippen LogP contribution in [0.5, 0.6) is 11.5 Å². The van der Waals surface area contributed by atoms with Crippen LogP contribution >= 0.6 is 0 Å². The van der Waals surface area contributed by atoms with Gasteiger partial charge in [0.05, 0.1) is 29.5 Å². The van der Waals surface area contributed by atoms with E-state index < -0.39 is 12.1 Å². The molecule has 51 heavy (non-hydrogen) atoms. The summed E-state index contributed by atoms with van der Waals surface area (Å²) in [5.41, 5.74) is 11.2. The average Bonchev–Trinajstić information content (AvgIpc) is 3.78. The number of nitrogen functional groups attached to an aromatic ring is 1. The van der Waals surface area contributed by atoms with E-state index in [2.05, 4.69) is 31.2 Å². The largest absolute Gasteiger partial charge is 0.454 e. The number of piperidine rings is 1. The van der Waals surface area contributed by atoms with Crippen LogP contribution in [0.1, 0.15) is 46.1 Å². The van der Waals surface area contributed by atoms with Crippen LogP contribution in [-0.4, -0.2) is 81.5 Å². The summed E-state index contributed by atoms with van der Waals surface area (Å²) in [6.07, 6.45) is 5.12. The number of amides is 3. The van der Waals surface area contributed by atoms with Gasteiger partial charge in [-0.1, -0.05) is 36.4 Å². The Morgan fingerprint density at radius 1 is 0.961 bits per heavy atom. The Kier molecular flexibility index (Phi) is 7.48. The summed E-state index contributed by atoms with van der Waals surface area (Å²) >= 11 is 0. The van der Waals surface area contributed by atoms with E-state index >= 15 is 0 Å². The summed E-state index contributed by atoms with van der Waals surface area (Å²) in [5.74, 6) is 1.65. The maximum absolute atomic E-state index is 14.3. The fourth-order valence-electron chi connectivity index (χ4n) is 7.94. The fraction of sp³-hybridized carbons (Fsp3) is 0.289. The van der Waals surface area contributed by atoms with Gasteiger partial charge < -0.3 is 40.2 Å². The summed E-state index contributed by atoms with van der Waals surface area (Å²) in [6, 6.07) is 19.8. The van der Waals surface area contributed by atoms with Crippen LogP contribution < -0.4 is 25.4 Å². The molecule has 2 fully saturated rings. The first kappa shape index (κ1) is 30.9. The van der Waals surface area contributed by atoms with Crippen LogP contribution in [0.4, 0.5) is 17.3 Å². The van der Waals surface area contributed by atoms with Crippen LogP contribution in [0.25, 0.3) is 10.9 Å². The van der Waals surface area contributed by atoms with Crippen molar-refractivity contribution in [1.29, 1.82) is 0 Å². The molecule has 2 aromatic heterocycles. The Hall–Kier alpha value is -6.11. The van der Waals surface area contributed by atoms with E-state index in [1.54, 1.807) is 34.1 Å². The van der Waals surface area contributed by atoms with Gasteiger partial charge in [-0.15, -0.1) is 0 Å². The number of aromatic nitrogens is 3. The molecule has 13 nitrogen and oxygen atoms in total. The van der Waals surface area contributed by atoms with Crippen LogP contribution in [0.2, 0.25) is 0 Å². The van der Waals surface area contributed by atoms with Gasteiger partial charge in [-0.25, -0.2) is 9.97 Å². The number of aromatic amines is 1. The quantitative estimate of drug-likeness (QED) is 0.224. The molecule has 0 bridgehead atoms. The minimum absolute atomic E-state index is 0.0202. The number of benzene rings is 3. The van der Waals surface area contributed by atoms with Gasteiger partial charge in [0.15, 0.2) is 11.5 Å². The van der Waals surface area contributed by atoms with E-state index in [1.165, 1.54) is 12.4 Å². The van der Waals surface area contributed by atoms with E-state index in [0.29, 0.717) is 60.4 Å². The molecule has 3 aromatic carbocycles. The van der Waals surface area contributed by atoms with E-state index in [-0.39, 0.29) is 37.0 Å². The number of para-hydroxylation sites is 3. The highest BCUT2D eigenvalue weighted by molar-refractivity contribution is 6.05. The van der Waals surface area contributed by atoms with Gasteiger partial charge in [-0.2, -0.15) is 0 Å². The SMILES string of the molecule is Nc1ccccc1NC(=O)c1cnc(N2CCC(CN3CC(=O)N4C(Cc5c([nH]c6ccccc56)C4c4ccc5c(c4)OCO5)C3=O)CC2)nc1. The number of hydrogen-bond donors (Lipinski definition) is 3. The second-order valence-electron chi connectivity index (χ2n) is 13.6. The van der Waals surface area contributed by atoms with Gasteiger partial charge in [0, 0.05) is 55.0 Å². The van der Waals surface area contributed by atoms with Gasteiger partial charge in [0.1, 0.15) is 6.04 Å². The lowest BCUT2D eigenvalue weighted by atomic mass is 9.85. The first-order valence-electron chi connectivity index (χ1n) is 17.2. The first-order valence-corrected chi connectivity index (χ1v) is 17.2. The Labute approximate surface area is 293 Å². The summed E-state index contributed by atoms with van der Waals surface area (Å²) in [7, 11) is 0. The molecule has 258 valence electrons. The molecular weight excluding hydrogens is 648 g/mol. The summed E-state index contributed by atoms with van der Waals surface area (Å²) in [4.78, 5) is 59.3. The number of H-pyrrole nitrogens is 1. The fourth-order valence-corrected chi connectivity index (χ4v) is 7.94. The van der Waals surface area contributed by atoms with Crippen molar-refractivity contribution in [1.82, 2.24) is 24.8 Å². The Balaban J connectivity index is 0.890. The monoisotopic (exact) mass is 684 g/mol. The van der Waals surface area contributed by atoms with Crippen LogP contribution in [0.3, 0.4) is 0 Å². The lowest BCUT2D eigenvalue weighted by Gasteiger charge is -2.48. The third-order valence-corrected chi connectivity index (χ3v) is 10.5. The van der Waals surface area contributed by atoms with Gasteiger partial charge >= 0.3 is 0 Å². The second kappa shape index (κ2) is 12.3. The summed E-state index contributed by atoms with van der Waals surface area (Å²) in [5, 5.41) is 3.87. The number of carbonyl (C=O) groups is 3. The molecule has 2 atom stereocenters. The smallest absolute Gasteiger partial charge is 0.258 e. The highest BCUT2D eigenvalue weighted by Crippen LogP contribution is 2.45. The van der Waals surface area contributed by atoms with E-state index in [1.807, 2.05) is 36.4 Å². The Morgan fingerprint density at radius 2 is 1.73 bits per heavy atom. The molecule has 9 rings (SSSR count). The molecule has 4 N–H and O–H groups in total. The number of hydrogen-bond acceptors (Lipinski definition) is 9. The number of anilines is 3. The standard InChI is InChI=1S/C38H36N8O5/c39-27-6-2-4-8-29(27)43-36(48)24-17-40-38(41-18-24)44-13-11-22(12-14-44)19-45-20-33(47)46-30(37(45)49)16-26-25-5-1-3-7-28(25)42-34(26)35(46)23-9-10-31-32(15-23)51-21-50-31/h1-10,15,17-18,22,30,35,42H,11-14,16,19-21,39H2,(H,43,48). The topological polar surface area (TPSA) is 159 Å². The third-order valence-electron chi connectivity index (χ3n) is 10.5. The van der Waals surface area contributed by atoms with E-state index in [9.17, 15) is 14.4 Å². The molecule has 4 aliphatic heterocycles. The van der Waals surface area contributed by atoms with Crippen LogP contribution in [0.15, 0.2) is 79.1 Å². The van der Waals surface area contributed by atoms with Crippen molar-refractivity contribution in [3.05, 3.63) is 102 Å². The van der Waals surface area contributed by atoms with Crippen molar-refractivity contribution in [3.8, 4) is 11.5 Å². The number of fused-ring (bicyclic) bond motifs is 5. The highest BCUT2D eigenvalue weighted by Gasteiger charge is 2.48. The number of rotatable bonds is 6. The van der Waals surface area contributed by atoms with Crippen molar-refractivity contribution >= 4 is 45.9 Å². The molecule has 0 aliphatic carbocycles. The predicted molar refractivity (Wildman–Crippen MR) is 189 cm³/mol. The minimum atomic E-state index is -0.615. The van der Waals surface area contributed by atoms with Gasteiger partial charge in [0.2, 0.25) is 24.6 Å². The molecule has 0 saturated carbocycles. The molecule has 13 heteroatoms. The number of ether oxygens (including phenoxy) is 2. The zero-order valence-corrected chi connectivity index (χ0v) is 27.7. The molecule has 0 radical (unpaired) electrons. The third kappa shape index (κ3) is 5.45. The number of carbonyl (C=O) groups excluding carboxylic acids is 3. The second-order valence-corrected chi connectivity index (χ2v) is 13.6. The minimum Gasteiger partial charge on any atom is -0.454 e. The lowest BCUT2D eigenvalue weighted by Crippen LogP contribution is -2.63. The Morgan fingerprint density at radius 3 is 2.55 bits per heavy atom. The van der Waals surface area contributed by atoms with Crippen molar-refractivity contribution < 1.29 is 23.9 Å². The van der Waals surface area contributed by atoms with Gasteiger partial charge in [-0.3, -0.25) is 14.4 Å². The van der Waals surface area contributed by atoms with Crippen LogP contribution in [-0.2, 0) is 16.0 Å². The van der Waals surface area contributed by atoms with Crippen molar-refractivity contribution in [2.75, 3.05) is 48.9 Å². The summed E-state index contributed by atoms with van der Waals surface area (Å²) < 4.78 is 11.3. The van der Waals surface area contributed by atoms with Crippen molar-refractivity contribution in [2.24, 2.45) is 5.92 Å². The number of nitrogens with one attached hydrogen (secondary N) is 2. The molecular formula is C38H36N8O5. The molecule has 2 unspecified atom stereocenters. The van der Waals surface area contributed by atoms with Crippen LogP contribution in [0, 0.1) is 5.92 Å². The zero-order chi connectivity index (χ0) is 34.6. The molecule has 2 saturated heterocycles. The van der Waals surface area contributed by atoms with Gasteiger partial charge in [-0.05, 0) is 60.2 Å². The maximum Gasteiger partial charge on any atom is 0.258 e. The number of nitrogens with two attached hydrogens (primary N) is 1. The van der Waals surface area contributed by atoms with E-state index in [0.717, 1.165) is 40.6 Å². The maximum atomic E-state index is 14.3. The number of piperazine rings is 1. The molecule has 5 aromatic rings. The molecule has 4 aliphatic rings. The Bertz CT molecular complexity index is 2180. The van der Waals surface area contributed by atoms with Crippen molar-refractivity contribution in [3.63, 3.8) is 0 Å². The van der Waals surface area contributed by atoms with E-state index in [4.69, 9.17) is 15.2 Å². The molecule has 6 heterocycles.